The molecule has 116 valence electrons. The normalized spacial score (nSPS) is 12.1. The molecule has 0 aromatic heterocycles. The molecule has 3 nitrogen and oxygen atoms in total. The van der Waals surface area contributed by atoms with Crippen molar-refractivity contribution in [3.63, 3.8) is 0 Å². The number of benzene rings is 2. The number of aromatic carboxylic acids is 1. The summed E-state index contributed by atoms with van der Waals surface area (Å²) >= 11 is 0. The topological polar surface area (TPSA) is 46.5 Å². The molecule has 2 aromatic rings. The lowest BCUT2D eigenvalue weighted by molar-refractivity contribution is 0.0668. The van der Waals surface area contributed by atoms with E-state index in [0.29, 0.717) is 5.56 Å². The average molecular weight is 298 g/mol. The van der Waals surface area contributed by atoms with Gasteiger partial charge >= 0.3 is 5.97 Å². The van der Waals surface area contributed by atoms with Crippen LogP contribution in [0.5, 0.6) is 0 Å². The van der Waals surface area contributed by atoms with Crippen molar-refractivity contribution in [1.29, 1.82) is 0 Å². The first kappa shape index (κ1) is 16.2. The third kappa shape index (κ3) is 4.43. The molecule has 0 fully saturated rings. The largest absolute Gasteiger partial charge is 0.478 e. The van der Waals surface area contributed by atoms with Crippen LogP contribution in [0.15, 0.2) is 48.5 Å². The summed E-state index contributed by atoms with van der Waals surface area (Å²) in [6, 6.07) is 15.3. The first-order valence-corrected chi connectivity index (χ1v) is 7.64. The van der Waals surface area contributed by atoms with Gasteiger partial charge in [0.1, 0.15) is 0 Å². The van der Waals surface area contributed by atoms with E-state index in [2.05, 4.69) is 38.1 Å². The standard InChI is InChI=1S/C19H22O3/c1-3-12-22-14(2)13-15-4-6-16(7-5-15)17-8-10-18(11-9-17)19(20)21/h4-11,14H,3,12-13H2,1-2H3,(H,20,21). The minimum Gasteiger partial charge on any atom is -0.478 e. The van der Waals surface area contributed by atoms with E-state index in [1.54, 1.807) is 12.1 Å². The first-order chi connectivity index (χ1) is 10.6. The fraction of sp³-hybridized carbons (Fsp3) is 0.316. The summed E-state index contributed by atoms with van der Waals surface area (Å²) in [4.78, 5) is 10.9. The number of carboxylic acid groups (broad SMARTS) is 1. The van der Waals surface area contributed by atoms with Gasteiger partial charge in [-0.25, -0.2) is 4.79 Å². The van der Waals surface area contributed by atoms with Crippen LogP contribution in [0, 0.1) is 0 Å². The molecule has 3 heteroatoms. The fourth-order valence-electron chi connectivity index (χ4n) is 2.35. The number of carbonyl (C=O) groups is 1. The highest BCUT2D eigenvalue weighted by atomic mass is 16.5. The lowest BCUT2D eigenvalue weighted by atomic mass is 10.0. The van der Waals surface area contributed by atoms with Gasteiger partial charge in [-0.15, -0.1) is 0 Å². The summed E-state index contributed by atoms with van der Waals surface area (Å²) in [6.07, 6.45) is 2.16. The molecular weight excluding hydrogens is 276 g/mol. The molecule has 0 saturated carbocycles. The van der Waals surface area contributed by atoms with Gasteiger partial charge in [0.15, 0.2) is 0 Å². The summed E-state index contributed by atoms with van der Waals surface area (Å²) in [6.45, 7) is 5.00. The predicted octanol–water partition coefficient (Wildman–Crippen LogP) is 4.41. The Morgan fingerprint density at radius 1 is 1.05 bits per heavy atom. The van der Waals surface area contributed by atoms with Crippen molar-refractivity contribution in [3.8, 4) is 11.1 Å². The summed E-state index contributed by atoms with van der Waals surface area (Å²) < 4.78 is 5.69. The lowest BCUT2D eigenvalue weighted by Crippen LogP contribution is -2.12. The van der Waals surface area contributed by atoms with Crippen molar-refractivity contribution in [2.45, 2.75) is 32.8 Å². The van der Waals surface area contributed by atoms with Gasteiger partial charge in [-0.1, -0.05) is 43.3 Å². The Kier molecular flexibility index (Phi) is 5.73. The van der Waals surface area contributed by atoms with Crippen molar-refractivity contribution in [2.75, 3.05) is 6.61 Å². The maximum atomic E-state index is 10.9. The molecule has 0 saturated heterocycles. The van der Waals surface area contributed by atoms with E-state index < -0.39 is 5.97 Å². The minimum absolute atomic E-state index is 0.223. The molecule has 1 atom stereocenters. The van der Waals surface area contributed by atoms with Gasteiger partial charge in [0.05, 0.1) is 11.7 Å². The van der Waals surface area contributed by atoms with E-state index in [1.807, 2.05) is 12.1 Å². The van der Waals surface area contributed by atoms with Crippen LogP contribution in [0.1, 0.15) is 36.2 Å². The van der Waals surface area contributed by atoms with Gasteiger partial charge in [0, 0.05) is 6.61 Å². The molecule has 0 aliphatic rings. The third-order valence-electron chi connectivity index (χ3n) is 3.55. The molecule has 0 heterocycles. The molecule has 0 amide bonds. The van der Waals surface area contributed by atoms with Crippen molar-refractivity contribution in [1.82, 2.24) is 0 Å². The molecule has 22 heavy (non-hydrogen) atoms. The Bertz CT molecular complexity index is 600. The molecule has 0 spiro atoms. The third-order valence-corrected chi connectivity index (χ3v) is 3.55. The predicted molar refractivity (Wildman–Crippen MR) is 88.2 cm³/mol. The Labute approximate surface area is 131 Å². The molecule has 2 aromatic carbocycles. The zero-order valence-corrected chi connectivity index (χ0v) is 13.1. The van der Waals surface area contributed by atoms with E-state index >= 15 is 0 Å². The van der Waals surface area contributed by atoms with Crippen LogP contribution in [0.2, 0.25) is 0 Å². The average Bonchev–Trinajstić information content (AvgIpc) is 2.54. The van der Waals surface area contributed by atoms with Crippen molar-refractivity contribution in [3.05, 3.63) is 59.7 Å². The van der Waals surface area contributed by atoms with Crippen molar-refractivity contribution < 1.29 is 14.6 Å². The highest BCUT2D eigenvalue weighted by molar-refractivity contribution is 5.88. The molecule has 0 radical (unpaired) electrons. The van der Waals surface area contributed by atoms with Crippen LogP contribution in [-0.4, -0.2) is 23.8 Å². The molecule has 1 unspecified atom stereocenters. The van der Waals surface area contributed by atoms with Gasteiger partial charge < -0.3 is 9.84 Å². The number of rotatable bonds is 7. The Morgan fingerprint density at radius 3 is 2.09 bits per heavy atom. The Balaban J connectivity index is 2.03. The number of ether oxygens (including phenoxy) is 1. The van der Waals surface area contributed by atoms with Crippen LogP contribution >= 0.6 is 0 Å². The monoisotopic (exact) mass is 298 g/mol. The van der Waals surface area contributed by atoms with Crippen LogP contribution < -0.4 is 0 Å². The number of carboxylic acids is 1. The molecule has 2 rings (SSSR count). The quantitative estimate of drug-likeness (QED) is 0.823. The van der Waals surface area contributed by atoms with Gasteiger partial charge in [-0.2, -0.15) is 0 Å². The zero-order valence-electron chi connectivity index (χ0n) is 13.1. The highest BCUT2D eigenvalue weighted by Gasteiger charge is 2.05. The summed E-state index contributed by atoms with van der Waals surface area (Å²) in [5, 5.41) is 8.92. The van der Waals surface area contributed by atoms with Crippen LogP contribution in [0.4, 0.5) is 0 Å². The number of hydrogen-bond donors (Lipinski definition) is 1. The van der Waals surface area contributed by atoms with Gasteiger partial charge in [-0.05, 0) is 48.6 Å². The van der Waals surface area contributed by atoms with E-state index in [1.165, 1.54) is 5.56 Å². The zero-order chi connectivity index (χ0) is 15.9. The van der Waals surface area contributed by atoms with Crippen molar-refractivity contribution >= 4 is 5.97 Å². The fourth-order valence-corrected chi connectivity index (χ4v) is 2.35. The maximum absolute atomic E-state index is 10.9. The number of hydrogen-bond acceptors (Lipinski definition) is 2. The van der Waals surface area contributed by atoms with Crippen LogP contribution in [0.25, 0.3) is 11.1 Å². The second-order valence-corrected chi connectivity index (χ2v) is 5.46. The second-order valence-electron chi connectivity index (χ2n) is 5.46. The Morgan fingerprint density at radius 2 is 1.59 bits per heavy atom. The van der Waals surface area contributed by atoms with Gasteiger partial charge in [0.2, 0.25) is 0 Å². The summed E-state index contributed by atoms with van der Waals surface area (Å²) in [5.74, 6) is -0.900. The van der Waals surface area contributed by atoms with E-state index in [9.17, 15) is 4.79 Å². The molecule has 0 bridgehead atoms. The second kappa shape index (κ2) is 7.76. The molecule has 0 aliphatic carbocycles. The lowest BCUT2D eigenvalue weighted by Gasteiger charge is -2.12. The van der Waals surface area contributed by atoms with E-state index in [4.69, 9.17) is 9.84 Å². The minimum atomic E-state index is -0.900. The SMILES string of the molecule is CCCOC(C)Cc1ccc(-c2ccc(C(=O)O)cc2)cc1. The highest BCUT2D eigenvalue weighted by Crippen LogP contribution is 2.21. The van der Waals surface area contributed by atoms with Crippen LogP contribution in [0.3, 0.4) is 0 Å². The van der Waals surface area contributed by atoms with Crippen LogP contribution in [-0.2, 0) is 11.2 Å². The van der Waals surface area contributed by atoms with E-state index in [0.717, 1.165) is 30.6 Å². The van der Waals surface area contributed by atoms with Crippen molar-refractivity contribution in [2.24, 2.45) is 0 Å². The Hall–Kier alpha value is -2.13. The smallest absolute Gasteiger partial charge is 0.335 e. The molecule has 1 N–H and O–H groups in total. The van der Waals surface area contributed by atoms with Gasteiger partial charge in [0.25, 0.3) is 0 Å². The summed E-state index contributed by atoms with van der Waals surface area (Å²) in [7, 11) is 0. The maximum Gasteiger partial charge on any atom is 0.335 e. The first-order valence-electron chi connectivity index (χ1n) is 7.64. The van der Waals surface area contributed by atoms with E-state index in [-0.39, 0.29) is 6.10 Å². The molecule has 0 aliphatic heterocycles. The van der Waals surface area contributed by atoms with Gasteiger partial charge in [-0.3, -0.25) is 0 Å². The summed E-state index contributed by atoms with van der Waals surface area (Å²) in [5.41, 5.74) is 3.66. The molecular formula is C19H22O3.